The van der Waals surface area contributed by atoms with Crippen LogP contribution in [-0.2, 0) is 4.74 Å². The Morgan fingerprint density at radius 3 is 3.00 bits per heavy atom. The molecule has 0 fully saturated rings. The van der Waals surface area contributed by atoms with E-state index in [1.165, 1.54) is 0 Å². The lowest BCUT2D eigenvalue weighted by Gasteiger charge is -2.02. The minimum atomic E-state index is 0.136. The van der Waals surface area contributed by atoms with Gasteiger partial charge in [0.05, 0.1) is 12.4 Å². The van der Waals surface area contributed by atoms with Gasteiger partial charge in [0.1, 0.15) is 6.10 Å². The van der Waals surface area contributed by atoms with Crippen LogP contribution < -0.4 is 0 Å². The minimum Gasteiger partial charge on any atom is -0.475 e. The smallest absolute Gasteiger partial charge is 0.180 e. The van der Waals surface area contributed by atoms with E-state index >= 15 is 0 Å². The highest BCUT2D eigenvalue weighted by Gasteiger charge is 2.13. The van der Waals surface area contributed by atoms with Crippen molar-refractivity contribution >= 4 is 17.5 Å². The van der Waals surface area contributed by atoms with Crippen LogP contribution in [0.2, 0.25) is 0 Å². The molecule has 3 heteroatoms. The lowest BCUT2D eigenvalue weighted by Crippen LogP contribution is -2.12. The molecule has 8 heavy (non-hydrogen) atoms. The van der Waals surface area contributed by atoms with Crippen molar-refractivity contribution < 1.29 is 4.74 Å². The monoisotopic (exact) mass is 133 g/mol. The summed E-state index contributed by atoms with van der Waals surface area (Å²) < 4.78 is 5.13. The SMILES string of the molecule is CC1=NCC(CCl)O1. The largest absolute Gasteiger partial charge is 0.475 e. The summed E-state index contributed by atoms with van der Waals surface area (Å²) in [6, 6.07) is 0. The molecule has 1 atom stereocenters. The molecule has 0 saturated carbocycles. The first-order valence-corrected chi connectivity index (χ1v) is 3.10. The molecule has 0 N–H and O–H groups in total. The summed E-state index contributed by atoms with van der Waals surface area (Å²) in [5, 5.41) is 0. The van der Waals surface area contributed by atoms with Crippen molar-refractivity contribution in [2.24, 2.45) is 4.99 Å². The van der Waals surface area contributed by atoms with Gasteiger partial charge in [-0.1, -0.05) is 0 Å². The highest BCUT2D eigenvalue weighted by Crippen LogP contribution is 2.04. The number of halogens is 1. The quantitative estimate of drug-likeness (QED) is 0.490. The van der Waals surface area contributed by atoms with Crippen LogP contribution in [0.3, 0.4) is 0 Å². The zero-order valence-electron chi connectivity index (χ0n) is 4.72. The highest BCUT2D eigenvalue weighted by atomic mass is 35.5. The summed E-state index contributed by atoms with van der Waals surface area (Å²) in [6.45, 7) is 2.57. The predicted molar refractivity (Wildman–Crippen MR) is 33.6 cm³/mol. The summed E-state index contributed by atoms with van der Waals surface area (Å²) >= 11 is 5.47. The van der Waals surface area contributed by atoms with Gasteiger partial charge >= 0.3 is 0 Å². The first kappa shape index (κ1) is 5.89. The molecule has 1 aliphatic rings. The van der Waals surface area contributed by atoms with Crippen LogP contribution in [0.25, 0.3) is 0 Å². The van der Waals surface area contributed by atoms with Crippen molar-refractivity contribution in [2.75, 3.05) is 12.4 Å². The molecule has 0 saturated heterocycles. The molecule has 0 aromatic rings. The van der Waals surface area contributed by atoms with E-state index in [1.807, 2.05) is 6.92 Å². The van der Waals surface area contributed by atoms with E-state index < -0.39 is 0 Å². The minimum absolute atomic E-state index is 0.136. The van der Waals surface area contributed by atoms with Crippen LogP contribution in [0.5, 0.6) is 0 Å². The van der Waals surface area contributed by atoms with Crippen LogP contribution in [-0.4, -0.2) is 24.4 Å². The molecule has 0 bridgehead atoms. The number of aliphatic imine (C=N–C) groups is 1. The summed E-state index contributed by atoms with van der Waals surface area (Å²) in [4.78, 5) is 4.00. The van der Waals surface area contributed by atoms with Crippen LogP contribution in [0.15, 0.2) is 4.99 Å². The van der Waals surface area contributed by atoms with Gasteiger partial charge in [-0.25, -0.2) is 0 Å². The van der Waals surface area contributed by atoms with Gasteiger partial charge in [0.2, 0.25) is 0 Å². The predicted octanol–water partition coefficient (Wildman–Crippen LogP) is 1.04. The van der Waals surface area contributed by atoms with Gasteiger partial charge in [-0.3, -0.25) is 4.99 Å². The Balaban J connectivity index is 2.32. The topological polar surface area (TPSA) is 21.6 Å². The molecular formula is C5H8ClNO. The zero-order chi connectivity index (χ0) is 5.98. The third kappa shape index (κ3) is 1.13. The van der Waals surface area contributed by atoms with E-state index in [0.29, 0.717) is 5.88 Å². The standard InChI is InChI=1S/C5H8ClNO/c1-4-7-3-5(2-6)8-4/h5H,2-3H2,1H3. The molecule has 1 aliphatic heterocycles. The Kier molecular flexibility index (Phi) is 1.73. The van der Waals surface area contributed by atoms with Gasteiger partial charge in [-0.2, -0.15) is 0 Å². The average Bonchev–Trinajstić information content (AvgIpc) is 2.14. The maximum atomic E-state index is 5.47. The Labute approximate surface area is 53.5 Å². The molecule has 2 nitrogen and oxygen atoms in total. The molecule has 46 valence electrons. The number of hydrogen-bond donors (Lipinski definition) is 0. The zero-order valence-corrected chi connectivity index (χ0v) is 5.48. The fourth-order valence-electron chi connectivity index (χ4n) is 0.626. The van der Waals surface area contributed by atoms with Crippen LogP contribution in [0.1, 0.15) is 6.92 Å². The van der Waals surface area contributed by atoms with Crippen LogP contribution >= 0.6 is 11.6 Å². The first-order valence-electron chi connectivity index (χ1n) is 2.56. The maximum absolute atomic E-state index is 5.47. The molecule has 0 aromatic heterocycles. The second-order valence-electron chi connectivity index (χ2n) is 1.75. The fraction of sp³-hybridized carbons (Fsp3) is 0.800. The summed E-state index contributed by atoms with van der Waals surface area (Å²) in [5.74, 6) is 1.30. The summed E-state index contributed by atoms with van der Waals surface area (Å²) in [7, 11) is 0. The summed E-state index contributed by atoms with van der Waals surface area (Å²) in [6.07, 6.45) is 0.136. The number of alkyl halides is 1. The third-order valence-corrected chi connectivity index (χ3v) is 1.37. The molecule has 1 unspecified atom stereocenters. The van der Waals surface area contributed by atoms with E-state index in [4.69, 9.17) is 16.3 Å². The van der Waals surface area contributed by atoms with Gasteiger partial charge < -0.3 is 4.74 Å². The Hall–Kier alpha value is -0.240. The second kappa shape index (κ2) is 2.35. The lowest BCUT2D eigenvalue weighted by atomic mass is 10.4. The van der Waals surface area contributed by atoms with Crippen molar-refractivity contribution in [1.29, 1.82) is 0 Å². The molecule has 0 aromatic carbocycles. The number of ether oxygens (including phenoxy) is 1. The van der Waals surface area contributed by atoms with Gasteiger partial charge in [-0.15, -0.1) is 11.6 Å². The van der Waals surface area contributed by atoms with E-state index in [2.05, 4.69) is 4.99 Å². The second-order valence-corrected chi connectivity index (χ2v) is 2.06. The molecule has 0 amide bonds. The Morgan fingerprint density at radius 1 is 2.00 bits per heavy atom. The molecule has 1 rings (SSSR count). The van der Waals surface area contributed by atoms with Gasteiger partial charge in [0, 0.05) is 6.92 Å². The van der Waals surface area contributed by atoms with E-state index in [0.717, 1.165) is 12.4 Å². The fourth-order valence-corrected chi connectivity index (χ4v) is 0.787. The van der Waals surface area contributed by atoms with Crippen molar-refractivity contribution in [2.45, 2.75) is 13.0 Å². The lowest BCUT2D eigenvalue weighted by molar-refractivity contribution is 0.247. The molecule has 1 heterocycles. The highest BCUT2D eigenvalue weighted by molar-refractivity contribution is 6.18. The van der Waals surface area contributed by atoms with Crippen molar-refractivity contribution in [3.63, 3.8) is 0 Å². The van der Waals surface area contributed by atoms with Gasteiger partial charge in [0.15, 0.2) is 5.90 Å². The van der Waals surface area contributed by atoms with Gasteiger partial charge in [0.25, 0.3) is 0 Å². The van der Waals surface area contributed by atoms with Gasteiger partial charge in [-0.05, 0) is 0 Å². The maximum Gasteiger partial charge on any atom is 0.180 e. The van der Waals surface area contributed by atoms with Crippen LogP contribution in [0, 0.1) is 0 Å². The molecule has 0 spiro atoms. The molecule has 0 radical (unpaired) electrons. The van der Waals surface area contributed by atoms with Crippen molar-refractivity contribution in [3.8, 4) is 0 Å². The van der Waals surface area contributed by atoms with Crippen LogP contribution in [0.4, 0.5) is 0 Å². The van der Waals surface area contributed by atoms with Crippen molar-refractivity contribution in [1.82, 2.24) is 0 Å². The third-order valence-electron chi connectivity index (χ3n) is 1.03. The Bertz CT molecular complexity index is 113. The first-order chi connectivity index (χ1) is 3.83. The number of hydrogen-bond acceptors (Lipinski definition) is 2. The average molecular weight is 134 g/mol. The van der Waals surface area contributed by atoms with E-state index in [1.54, 1.807) is 0 Å². The van der Waals surface area contributed by atoms with E-state index in [-0.39, 0.29) is 6.10 Å². The molecule has 0 aliphatic carbocycles. The normalized spacial score (nSPS) is 27.2. The number of nitrogens with zero attached hydrogens (tertiary/aromatic N) is 1. The van der Waals surface area contributed by atoms with Crippen molar-refractivity contribution in [3.05, 3.63) is 0 Å². The Morgan fingerprint density at radius 2 is 2.75 bits per heavy atom. The molecular weight excluding hydrogens is 126 g/mol. The van der Waals surface area contributed by atoms with E-state index in [9.17, 15) is 0 Å². The summed E-state index contributed by atoms with van der Waals surface area (Å²) in [5.41, 5.74) is 0. The number of rotatable bonds is 1.